The molecule has 0 aliphatic carbocycles. The fourth-order valence-electron chi connectivity index (χ4n) is 2.10. The Kier molecular flexibility index (Phi) is 4.19. The highest BCUT2D eigenvalue weighted by Crippen LogP contribution is 2.25. The van der Waals surface area contributed by atoms with E-state index in [0.717, 1.165) is 16.5 Å². The lowest BCUT2D eigenvalue weighted by Gasteiger charge is -2.24. The summed E-state index contributed by atoms with van der Waals surface area (Å²) in [5.41, 5.74) is 8.60. The molecule has 2 aromatic rings. The van der Waals surface area contributed by atoms with Gasteiger partial charge in [0.15, 0.2) is 0 Å². The van der Waals surface area contributed by atoms with Crippen LogP contribution in [0.5, 0.6) is 0 Å². The van der Waals surface area contributed by atoms with Crippen LogP contribution in [0.3, 0.4) is 0 Å². The summed E-state index contributed by atoms with van der Waals surface area (Å²) in [5, 5.41) is 4.41. The maximum Gasteiger partial charge on any atom is 0.0919 e. The summed E-state index contributed by atoms with van der Waals surface area (Å²) in [7, 11) is 0. The fraction of sp³-hybridized carbons (Fsp3) is 0.357. The zero-order valence-electron chi connectivity index (χ0n) is 10.7. The number of nitrogens with two attached hydrogens (primary N) is 1. The van der Waals surface area contributed by atoms with Gasteiger partial charge in [-0.15, -0.1) is 0 Å². The molecule has 0 spiro atoms. The summed E-state index contributed by atoms with van der Waals surface area (Å²) >= 11 is 3.51. The minimum atomic E-state index is 0.0543. The van der Waals surface area contributed by atoms with E-state index in [2.05, 4.69) is 40.1 Å². The zero-order valence-corrected chi connectivity index (χ0v) is 12.3. The SMILES string of the molecule is CCC(N)C(c1cccc(Br)c1)n1cc(C)cn1. The van der Waals surface area contributed by atoms with Gasteiger partial charge in [-0.05, 0) is 36.6 Å². The minimum Gasteiger partial charge on any atom is -0.326 e. The molecule has 0 fully saturated rings. The number of hydrogen-bond acceptors (Lipinski definition) is 2. The van der Waals surface area contributed by atoms with Crippen molar-refractivity contribution in [1.82, 2.24) is 9.78 Å². The van der Waals surface area contributed by atoms with Crippen molar-refractivity contribution in [2.75, 3.05) is 0 Å². The van der Waals surface area contributed by atoms with Crippen molar-refractivity contribution in [1.29, 1.82) is 0 Å². The molecule has 2 N–H and O–H groups in total. The predicted octanol–water partition coefficient (Wildman–Crippen LogP) is 3.28. The van der Waals surface area contributed by atoms with Crippen molar-refractivity contribution in [3.05, 3.63) is 52.3 Å². The van der Waals surface area contributed by atoms with Gasteiger partial charge in [-0.1, -0.05) is 35.0 Å². The van der Waals surface area contributed by atoms with Crippen molar-refractivity contribution >= 4 is 15.9 Å². The Morgan fingerprint density at radius 3 is 2.78 bits per heavy atom. The molecule has 2 atom stereocenters. The number of halogens is 1. The average molecular weight is 308 g/mol. The van der Waals surface area contributed by atoms with E-state index in [9.17, 15) is 0 Å². The molecule has 0 saturated heterocycles. The van der Waals surface area contributed by atoms with Crippen LogP contribution in [-0.2, 0) is 0 Å². The molecule has 1 heterocycles. The summed E-state index contributed by atoms with van der Waals surface area (Å²) < 4.78 is 3.03. The molecule has 2 unspecified atom stereocenters. The predicted molar refractivity (Wildman–Crippen MR) is 77.5 cm³/mol. The Bertz CT molecular complexity index is 521. The van der Waals surface area contributed by atoms with E-state index in [1.807, 2.05) is 36.1 Å². The number of nitrogens with zero attached hydrogens (tertiary/aromatic N) is 2. The maximum atomic E-state index is 6.26. The van der Waals surface area contributed by atoms with E-state index >= 15 is 0 Å². The molecule has 0 saturated carbocycles. The molecule has 18 heavy (non-hydrogen) atoms. The number of benzene rings is 1. The van der Waals surface area contributed by atoms with E-state index in [-0.39, 0.29) is 12.1 Å². The van der Waals surface area contributed by atoms with Crippen molar-refractivity contribution < 1.29 is 0 Å². The molecule has 0 aliphatic heterocycles. The second-order valence-corrected chi connectivity index (χ2v) is 5.49. The van der Waals surface area contributed by atoms with Gasteiger partial charge in [0.25, 0.3) is 0 Å². The molecule has 3 nitrogen and oxygen atoms in total. The first-order valence-corrected chi connectivity index (χ1v) is 6.93. The lowest BCUT2D eigenvalue weighted by molar-refractivity contribution is 0.424. The van der Waals surface area contributed by atoms with Crippen LogP contribution in [0.1, 0.15) is 30.5 Å². The first-order chi connectivity index (χ1) is 8.61. The lowest BCUT2D eigenvalue weighted by atomic mass is 9.98. The van der Waals surface area contributed by atoms with Crippen LogP contribution in [0.2, 0.25) is 0 Å². The first kappa shape index (κ1) is 13.3. The smallest absolute Gasteiger partial charge is 0.0919 e. The van der Waals surface area contributed by atoms with Gasteiger partial charge >= 0.3 is 0 Å². The molecule has 96 valence electrons. The molecular formula is C14H18BrN3. The lowest BCUT2D eigenvalue weighted by Crippen LogP contribution is -2.32. The van der Waals surface area contributed by atoms with Crippen LogP contribution < -0.4 is 5.73 Å². The quantitative estimate of drug-likeness (QED) is 0.942. The van der Waals surface area contributed by atoms with E-state index < -0.39 is 0 Å². The molecule has 4 heteroatoms. The first-order valence-electron chi connectivity index (χ1n) is 6.13. The van der Waals surface area contributed by atoms with E-state index in [0.29, 0.717) is 0 Å². The largest absolute Gasteiger partial charge is 0.326 e. The molecule has 0 bridgehead atoms. The van der Waals surface area contributed by atoms with Gasteiger partial charge in [0.2, 0.25) is 0 Å². The van der Waals surface area contributed by atoms with Gasteiger partial charge in [-0.25, -0.2) is 0 Å². The van der Waals surface area contributed by atoms with Crippen LogP contribution in [0, 0.1) is 6.92 Å². The number of hydrogen-bond donors (Lipinski definition) is 1. The third-order valence-electron chi connectivity index (χ3n) is 3.08. The van der Waals surface area contributed by atoms with Crippen LogP contribution in [0.15, 0.2) is 41.1 Å². The minimum absolute atomic E-state index is 0.0543. The van der Waals surface area contributed by atoms with E-state index in [4.69, 9.17) is 5.73 Å². The van der Waals surface area contributed by atoms with Gasteiger partial charge in [0.1, 0.15) is 0 Å². The summed E-state index contributed by atoms with van der Waals surface area (Å²) in [6.45, 7) is 4.14. The van der Waals surface area contributed by atoms with Crippen molar-refractivity contribution in [2.24, 2.45) is 5.73 Å². The number of aromatic nitrogens is 2. The second kappa shape index (κ2) is 5.67. The zero-order chi connectivity index (χ0) is 13.1. The topological polar surface area (TPSA) is 43.8 Å². The summed E-state index contributed by atoms with van der Waals surface area (Å²) in [4.78, 5) is 0. The Morgan fingerprint density at radius 2 is 2.22 bits per heavy atom. The van der Waals surface area contributed by atoms with Crippen LogP contribution in [0.25, 0.3) is 0 Å². The standard InChI is InChI=1S/C14H18BrN3/c1-3-13(16)14(18-9-10(2)8-17-18)11-5-4-6-12(15)7-11/h4-9,13-14H,3,16H2,1-2H3. The Labute approximate surface area is 116 Å². The molecule has 0 aliphatic rings. The van der Waals surface area contributed by atoms with Gasteiger partial charge < -0.3 is 5.73 Å². The fourth-order valence-corrected chi connectivity index (χ4v) is 2.51. The number of aryl methyl sites for hydroxylation is 1. The highest BCUT2D eigenvalue weighted by Gasteiger charge is 2.21. The summed E-state index contributed by atoms with van der Waals surface area (Å²) in [6, 6.07) is 8.40. The van der Waals surface area contributed by atoms with Crippen molar-refractivity contribution in [2.45, 2.75) is 32.4 Å². The highest BCUT2D eigenvalue weighted by molar-refractivity contribution is 9.10. The van der Waals surface area contributed by atoms with Gasteiger partial charge in [-0.3, -0.25) is 4.68 Å². The molecule has 1 aromatic carbocycles. The maximum absolute atomic E-state index is 6.26. The average Bonchev–Trinajstić information content (AvgIpc) is 2.76. The van der Waals surface area contributed by atoms with Crippen LogP contribution in [-0.4, -0.2) is 15.8 Å². The molecule has 0 amide bonds. The molecule has 2 rings (SSSR count). The van der Waals surface area contributed by atoms with E-state index in [1.165, 1.54) is 5.56 Å². The highest BCUT2D eigenvalue weighted by atomic mass is 79.9. The Balaban J connectivity index is 2.43. The van der Waals surface area contributed by atoms with Gasteiger partial charge in [-0.2, -0.15) is 5.10 Å². The molecule has 0 radical (unpaired) electrons. The van der Waals surface area contributed by atoms with E-state index in [1.54, 1.807) is 0 Å². The third-order valence-corrected chi connectivity index (χ3v) is 3.58. The van der Waals surface area contributed by atoms with Crippen LogP contribution in [0.4, 0.5) is 0 Å². The summed E-state index contributed by atoms with van der Waals surface area (Å²) in [5.74, 6) is 0. The summed E-state index contributed by atoms with van der Waals surface area (Å²) in [6.07, 6.45) is 4.82. The van der Waals surface area contributed by atoms with Crippen molar-refractivity contribution in [3.8, 4) is 0 Å². The molecular weight excluding hydrogens is 290 g/mol. The second-order valence-electron chi connectivity index (χ2n) is 4.57. The number of rotatable bonds is 4. The Morgan fingerprint density at radius 1 is 1.44 bits per heavy atom. The molecule has 1 aromatic heterocycles. The van der Waals surface area contributed by atoms with Crippen LogP contribution >= 0.6 is 15.9 Å². The third kappa shape index (κ3) is 2.82. The Hall–Kier alpha value is -1.13. The van der Waals surface area contributed by atoms with Gasteiger partial charge in [0.05, 0.1) is 12.2 Å². The monoisotopic (exact) mass is 307 g/mol. The van der Waals surface area contributed by atoms with Crippen molar-refractivity contribution in [3.63, 3.8) is 0 Å². The normalized spacial score (nSPS) is 14.4. The van der Waals surface area contributed by atoms with Gasteiger partial charge in [0, 0.05) is 16.7 Å².